The van der Waals surface area contributed by atoms with Crippen LogP contribution in [0.3, 0.4) is 0 Å². The molecule has 28 heavy (non-hydrogen) atoms. The minimum absolute atomic E-state index is 0.0203. The lowest BCUT2D eigenvalue weighted by Gasteiger charge is -2.35. The van der Waals surface area contributed by atoms with Crippen LogP contribution >= 0.6 is 0 Å². The van der Waals surface area contributed by atoms with Gasteiger partial charge in [0, 0.05) is 51.4 Å². The molecule has 0 atom stereocenters. The van der Waals surface area contributed by atoms with Crippen molar-refractivity contribution in [3.63, 3.8) is 0 Å². The topological polar surface area (TPSA) is 53.5 Å². The number of hydrogen-bond acceptors (Lipinski definition) is 3. The Labute approximate surface area is 165 Å². The second-order valence-electron chi connectivity index (χ2n) is 7.07. The van der Waals surface area contributed by atoms with E-state index in [9.17, 15) is 14.0 Å². The van der Waals surface area contributed by atoms with Crippen LogP contribution in [0.1, 0.15) is 30.4 Å². The average Bonchev–Trinajstić information content (AvgIpc) is 2.74. The fraction of sp³-hybridized carbons (Fsp3) is 0.409. The van der Waals surface area contributed by atoms with Crippen LogP contribution < -0.4 is 0 Å². The zero-order valence-corrected chi connectivity index (χ0v) is 16.0. The van der Waals surface area contributed by atoms with Gasteiger partial charge < -0.3 is 9.80 Å². The van der Waals surface area contributed by atoms with Gasteiger partial charge in [-0.2, -0.15) is 0 Å². The lowest BCUT2D eigenvalue weighted by molar-refractivity contribution is -0.139. The van der Waals surface area contributed by atoms with E-state index in [-0.39, 0.29) is 17.6 Å². The monoisotopic (exact) mass is 383 g/mol. The van der Waals surface area contributed by atoms with Crippen LogP contribution in [0.5, 0.6) is 0 Å². The Morgan fingerprint density at radius 3 is 2.21 bits per heavy atom. The number of benzene rings is 1. The quantitative estimate of drug-likeness (QED) is 0.739. The smallest absolute Gasteiger partial charge is 0.223 e. The van der Waals surface area contributed by atoms with E-state index in [0.717, 1.165) is 18.4 Å². The highest BCUT2D eigenvalue weighted by Crippen LogP contribution is 2.12. The molecule has 2 aromatic rings. The number of aromatic nitrogens is 1. The van der Waals surface area contributed by atoms with Crippen molar-refractivity contribution >= 4 is 11.8 Å². The predicted octanol–water partition coefficient (Wildman–Crippen LogP) is 2.85. The average molecular weight is 383 g/mol. The van der Waals surface area contributed by atoms with Crippen LogP contribution in [0.25, 0.3) is 0 Å². The summed E-state index contributed by atoms with van der Waals surface area (Å²) in [4.78, 5) is 32.5. The zero-order chi connectivity index (χ0) is 19.8. The third-order valence-corrected chi connectivity index (χ3v) is 5.13. The third kappa shape index (κ3) is 5.62. The lowest BCUT2D eigenvalue weighted by Crippen LogP contribution is -2.50. The molecule has 0 radical (unpaired) electrons. The van der Waals surface area contributed by atoms with Crippen LogP contribution in [0.15, 0.2) is 48.8 Å². The maximum Gasteiger partial charge on any atom is 0.223 e. The fourth-order valence-electron chi connectivity index (χ4n) is 3.45. The molecule has 2 amide bonds. The van der Waals surface area contributed by atoms with E-state index in [1.807, 2.05) is 23.2 Å². The summed E-state index contributed by atoms with van der Waals surface area (Å²) in [6.45, 7) is 2.23. The van der Waals surface area contributed by atoms with E-state index >= 15 is 0 Å². The number of rotatable bonds is 7. The summed E-state index contributed by atoms with van der Waals surface area (Å²) in [5.74, 6) is -0.105. The van der Waals surface area contributed by atoms with Gasteiger partial charge in [0.2, 0.25) is 11.8 Å². The van der Waals surface area contributed by atoms with E-state index in [1.165, 1.54) is 6.07 Å². The van der Waals surface area contributed by atoms with Gasteiger partial charge in [0.1, 0.15) is 5.82 Å². The van der Waals surface area contributed by atoms with E-state index in [0.29, 0.717) is 51.0 Å². The Kier molecular flexibility index (Phi) is 7.12. The largest absolute Gasteiger partial charge is 0.339 e. The SMILES string of the molecule is O=C(CCCc1cccnc1)N1CCN(C(=O)CCc2ccccc2F)CC1. The molecule has 0 spiro atoms. The van der Waals surface area contributed by atoms with Gasteiger partial charge in [-0.05, 0) is 42.5 Å². The fourth-order valence-corrected chi connectivity index (χ4v) is 3.45. The van der Waals surface area contributed by atoms with Gasteiger partial charge >= 0.3 is 0 Å². The number of pyridine rings is 1. The maximum absolute atomic E-state index is 13.7. The second-order valence-corrected chi connectivity index (χ2v) is 7.07. The van der Waals surface area contributed by atoms with Crippen molar-refractivity contribution in [1.29, 1.82) is 0 Å². The molecule has 1 saturated heterocycles. The van der Waals surface area contributed by atoms with Crippen molar-refractivity contribution < 1.29 is 14.0 Å². The van der Waals surface area contributed by atoms with E-state index in [2.05, 4.69) is 4.98 Å². The molecule has 0 saturated carbocycles. The molecule has 0 N–H and O–H groups in total. The number of aryl methyl sites for hydroxylation is 2. The molecule has 6 heteroatoms. The Morgan fingerprint density at radius 1 is 0.893 bits per heavy atom. The molecule has 5 nitrogen and oxygen atoms in total. The molecule has 2 heterocycles. The molecule has 1 fully saturated rings. The summed E-state index contributed by atoms with van der Waals surface area (Å²) in [5, 5.41) is 0. The Hall–Kier alpha value is -2.76. The van der Waals surface area contributed by atoms with Gasteiger partial charge in [0.15, 0.2) is 0 Å². The molecule has 0 unspecified atom stereocenters. The molecular weight excluding hydrogens is 357 g/mol. The first-order chi connectivity index (χ1) is 13.6. The van der Waals surface area contributed by atoms with Gasteiger partial charge in [0.25, 0.3) is 0 Å². The van der Waals surface area contributed by atoms with Crippen molar-refractivity contribution in [3.05, 3.63) is 65.7 Å². The molecule has 148 valence electrons. The predicted molar refractivity (Wildman–Crippen MR) is 105 cm³/mol. The molecular formula is C22H26FN3O2. The number of halogens is 1. The van der Waals surface area contributed by atoms with Gasteiger partial charge in [-0.3, -0.25) is 14.6 Å². The van der Waals surface area contributed by atoms with Crippen LogP contribution in [0.2, 0.25) is 0 Å². The first-order valence-corrected chi connectivity index (χ1v) is 9.81. The minimum atomic E-state index is -0.267. The van der Waals surface area contributed by atoms with Crippen LogP contribution in [0.4, 0.5) is 4.39 Å². The summed E-state index contributed by atoms with van der Waals surface area (Å²) in [6.07, 6.45) is 6.41. The van der Waals surface area contributed by atoms with Crippen molar-refractivity contribution in [2.75, 3.05) is 26.2 Å². The number of hydrogen-bond donors (Lipinski definition) is 0. The first kappa shape index (κ1) is 20.0. The van der Waals surface area contributed by atoms with Crippen LogP contribution in [-0.2, 0) is 22.4 Å². The highest BCUT2D eigenvalue weighted by atomic mass is 19.1. The van der Waals surface area contributed by atoms with Crippen molar-refractivity contribution in [3.8, 4) is 0 Å². The first-order valence-electron chi connectivity index (χ1n) is 9.81. The summed E-state index contributed by atoms with van der Waals surface area (Å²) < 4.78 is 13.7. The van der Waals surface area contributed by atoms with E-state index in [4.69, 9.17) is 0 Å². The van der Waals surface area contributed by atoms with Crippen LogP contribution in [0, 0.1) is 5.82 Å². The van der Waals surface area contributed by atoms with E-state index in [1.54, 1.807) is 29.3 Å². The molecule has 1 aromatic heterocycles. The van der Waals surface area contributed by atoms with Crippen molar-refractivity contribution in [2.45, 2.75) is 32.1 Å². The summed E-state index contributed by atoms with van der Waals surface area (Å²) in [7, 11) is 0. The van der Waals surface area contributed by atoms with Gasteiger partial charge in [-0.1, -0.05) is 24.3 Å². The van der Waals surface area contributed by atoms with Gasteiger partial charge in [-0.25, -0.2) is 4.39 Å². The highest BCUT2D eigenvalue weighted by Gasteiger charge is 2.23. The number of piperazine rings is 1. The maximum atomic E-state index is 13.7. The highest BCUT2D eigenvalue weighted by molar-refractivity contribution is 5.78. The number of nitrogens with zero attached hydrogens (tertiary/aromatic N) is 3. The number of carbonyl (C=O) groups excluding carboxylic acids is 2. The standard InChI is InChI=1S/C22H26FN3O2/c23-20-8-2-1-7-19(20)10-11-22(28)26-15-13-25(14-16-26)21(27)9-3-5-18-6-4-12-24-17-18/h1-2,4,6-8,12,17H,3,5,9-11,13-16H2. The molecule has 0 aliphatic carbocycles. The lowest BCUT2D eigenvalue weighted by atomic mass is 10.1. The van der Waals surface area contributed by atoms with Gasteiger partial charge in [-0.15, -0.1) is 0 Å². The molecule has 3 rings (SSSR count). The Bertz CT molecular complexity index is 789. The Morgan fingerprint density at radius 2 is 1.57 bits per heavy atom. The van der Waals surface area contributed by atoms with Crippen LogP contribution in [-0.4, -0.2) is 52.8 Å². The summed E-state index contributed by atoms with van der Waals surface area (Å²) in [6, 6.07) is 10.5. The third-order valence-electron chi connectivity index (χ3n) is 5.13. The van der Waals surface area contributed by atoms with E-state index < -0.39 is 0 Å². The Balaban J connectivity index is 1.37. The minimum Gasteiger partial charge on any atom is -0.339 e. The summed E-state index contributed by atoms with van der Waals surface area (Å²) in [5.41, 5.74) is 1.71. The van der Waals surface area contributed by atoms with Crippen molar-refractivity contribution in [1.82, 2.24) is 14.8 Å². The van der Waals surface area contributed by atoms with Crippen molar-refractivity contribution in [2.24, 2.45) is 0 Å². The number of carbonyl (C=O) groups is 2. The number of amides is 2. The second kappa shape index (κ2) is 9.97. The molecule has 1 aliphatic heterocycles. The van der Waals surface area contributed by atoms with Gasteiger partial charge in [0.05, 0.1) is 0 Å². The molecule has 1 aliphatic rings. The zero-order valence-electron chi connectivity index (χ0n) is 16.0. The summed E-state index contributed by atoms with van der Waals surface area (Å²) >= 11 is 0. The molecule has 0 bridgehead atoms. The normalized spacial score (nSPS) is 14.2. The molecule has 1 aromatic carbocycles.